The van der Waals surface area contributed by atoms with Gasteiger partial charge in [-0.1, -0.05) is 0 Å². The van der Waals surface area contributed by atoms with Crippen molar-refractivity contribution in [2.45, 2.75) is 38.5 Å². The van der Waals surface area contributed by atoms with Crippen molar-refractivity contribution < 1.29 is 4.79 Å². The number of hydrogen-bond donors (Lipinski definition) is 1. The molecule has 0 heterocycles. The van der Waals surface area contributed by atoms with Crippen LogP contribution in [-0.2, 0) is 4.79 Å². The van der Waals surface area contributed by atoms with E-state index in [1.807, 2.05) is 0 Å². The molecular formula is C12H17NO. The van der Waals surface area contributed by atoms with Gasteiger partial charge >= 0.3 is 0 Å². The number of fused-ring (bicyclic) bond motifs is 2. The molecule has 0 saturated heterocycles. The smallest absolute Gasteiger partial charge is 0.223 e. The summed E-state index contributed by atoms with van der Waals surface area (Å²) in [5.74, 6) is 2.69. The molecule has 4 saturated carbocycles. The predicted octanol–water partition coefficient (Wildman–Crippen LogP) is 1.69. The lowest BCUT2D eigenvalue weighted by atomic mass is 9.55. The Balaban J connectivity index is 1.85. The number of nitrogens with two attached hydrogens (primary N) is 1. The summed E-state index contributed by atoms with van der Waals surface area (Å²) in [6.45, 7) is 0. The number of primary amides is 1. The Morgan fingerprint density at radius 1 is 1.14 bits per heavy atom. The van der Waals surface area contributed by atoms with Crippen LogP contribution in [0.15, 0.2) is 0 Å². The van der Waals surface area contributed by atoms with E-state index in [-0.39, 0.29) is 11.3 Å². The van der Waals surface area contributed by atoms with Gasteiger partial charge in [-0.3, -0.25) is 4.79 Å². The van der Waals surface area contributed by atoms with Gasteiger partial charge in [0, 0.05) is 0 Å². The molecule has 4 aliphatic rings. The Morgan fingerprint density at radius 2 is 2.00 bits per heavy atom. The average molecular weight is 191 g/mol. The zero-order valence-electron chi connectivity index (χ0n) is 8.46. The molecule has 4 rings (SSSR count). The largest absolute Gasteiger partial charge is 0.369 e. The average Bonchev–Trinajstić information content (AvgIpc) is 2.42. The molecule has 4 aliphatic carbocycles. The first-order chi connectivity index (χ1) is 6.65. The summed E-state index contributed by atoms with van der Waals surface area (Å²) in [4.78, 5) is 11.6. The van der Waals surface area contributed by atoms with Crippen LogP contribution in [0.4, 0.5) is 0 Å². The summed E-state index contributed by atoms with van der Waals surface area (Å²) < 4.78 is 0. The predicted molar refractivity (Wildman–Crippen MR) is 52.2 cm³/mol. The van der Waals surface area contributed by atoms with Crippen LogP contribution in [0.3, 0.4) is 0 Å². The van der Waals surface area contributed by atoms with Gasteiger partial charge in [-0.05, 0) is 61.7 Å². The molecule has 14 heavy (non-hydrogen) atoms. The van der Waals surface area contributed by atoms with Gasteiger partial charge in [0.2, 0.25) is 5.91 Å². The number of carbonyl (C=O) groups excluding carboxylic acids is 1. The Labute approximate surface area is 84.2 Å². The summed E-state index contributed by atoms with van der Waals surface area (Å²) >= 11 is 0. The summed E-state index contributed by atoms with van der Waals surface area (Å²) in [5, 5.41) is 0. The summed E-state index contributed by atoms with van der Waals surface area (Å²) in [6.07, 6.45) is 7.65. The van der Waals surface area contributed by atoms with Crippen LogP contribution < -0.4 is 5.73 Å². The standard InChI is InChI=1S/C12H17NO/c13-10(14)11-3-7-1-8-2-9(5-11)12(8,4-7)6-11/h7-9H,1-6H2,(H2,13,14). The van der Waals surface area contributed by atoms with Crippen LogP contribution in [-0.4, -0.2) is 5.91 Å². The minimum absolute atomic E-state index is 0.0108. The van der Waals surface area contributed by atoms with Gasteiger partial charge in [0.05, 0.1) is 5.41 Å². The number of rotatable bonds is 1. The molecular weight excluding hydrogens is 174 g/mol. The van der Waals surface area contributed by atoms with Gasteiger partial charge < -0.3 is 5.73 Å². The molecule has 2 N–H and O–H groups in total. The molecule has 0 aromatic rings. The highest BCUT2D eigenvalue weighted by atomic mass is 16.1. The SMILES string of the molecule is NC(=O)C12CC3CC4CC(C1)C4(C3)C2. The second kappa shape index (κ2) is 1.89. The normalized spacial score (nSPS) is 62.4. The number of carbonyl (C=O) groups is 1. The van der Waals surface area contributed by atoms with Gasteiger partial charge in [0.25, 0.3) is 0 Å². The summed E-state index contributed by atoms with van der Waals surface area (Å²) in [7, 11) is 0. The van der Waals surface area contributed by atoms with Crippen LogP contribution in [0.25, 0.3) is 0 Å². The maximum atomic E-state index is 11.6. The third kappa shape index (κ3) is 0.582. The fourth-order valence-corrected chi connectivity index (χ4v) is 5.65. The fourth-order valence-electron chi connectivity index (χ4n) is 5.65. The van der Waals surface area contributed by atoms with Crippen LogP contribution in [0.5, 0.6) is 0 Å². The van der Waals surface area contributed by atoms with Crippen molar-refractivity contribution in [3.05, 3.63) is 0 Å². The topological polar surface area (TPSA) is 43.1 Å². The molecule has 2 heteroatoms. The number of amides is 1. The first-order valence-electron chi connectivity index (χ1n) is 5.95. The minimum atomic E-state index is -0.0567. The maximum absolute atomic E-state index is 11.6. The van der Waals surface area contributed by atoms with Crippen molar-refractivity contribution in [2.24, 2.45) is 34.3 Å². The Hall–Kier alpha value is -0.530. The first-order valence-corrected chi connectivity index (χ1v) is 5.95. The first kappa shape index (κ1) is 7.72. The van der Waals surface area contributed by atoms with E-state index in [2.05, 4.69) is 0 Å². The van der Waals surface area contributed by atoms with Crippen molar-refractivity contribution in [1.29, 1.82) is 0 Å². The Bertz CT molecular complexity index is 335. The summed E-state index contributed by atoms with van der Waals surface area (Å²) in [5.41, 5.74) is 6.18. The van der Waals surface area contributed by atoms with Crippen LogP contribution in [0.1, 0.15) is 38.5 Å². The lowest BCUT2D eigenvalue weighted by Crippen LogP contribution is -2.43. The fraction of sp³-hybridized carbons (Fsp3) is 0.917. The summed E-state index contributed by atoms with van der Waals surface area (Å²) in [6, 6.07) is 0. The van der Waals surface area contributed by atoms with E-state index in [1.165, 1.54) is 19.3 Å². The van der Waals surface area contributed by atoms with Gasteiger partial charge in [0.15, 0.2) is 0 Å². The van der Waals surface area contributed by atoms with Gasteiger partial charge in [-0.15, -0.1) is 0 Å². The van der Waals surface area contributed by atoms with Crippen molar-refractivity contribution in [3.8, 4) is 0 Å². The zero-order chi connectivity index (χ0) is 9.55. The van der Waals surface area contributed by atoms with E-state index in [1.54, 1.807) is 0 Å². The Morgan fingerprint density at radius 3 is 2.79 bits per heavy atom. The molecule has 1 amide bonds. The third-order valence-electron chi connectivity index (χ3n) is 5.99. The van der Waals surface area contributed by atoms with E-state index in [0.717, 1.165) is 37.0 Å². The monoisotopic (exact) mass is 191 g/mol. The van der Waals surface area contributed by atoms with Crippen LogP contribution in [0, 0.1) is 28.6 Å². The van der Waals surface area contributed by atoms with Crippen molar-refractivity contribution in [2.75, 3.05) is 0 Å². The lowest BCUT2D eigenvalue weighted by Gasteiger charge is -2.49. The van der Waals surface area contributed by atoms with E-state index >= 15 is 0 Å². The number of hydrogen-bond acceptors (Lipinski definition) is 1. The molecule has 5 unspecified atom stereocenters. The molecule has 5 atom stereocenters. The highest BCUT2D eigenvalue weighted by Crippen LogP contribution is 2.78. The zero-order valence-corrected chi connectivity index (χ0v) is 8.46. The second-order valence-corrected chi connectivity index (χ2v) is 6.40. The molecule has 0 aromatic heterocycles. The molecule has 2 nitrogen and oxygen atoms in total. The van der Waals surface area contributed by atoms with Gasteiger partial charge in [-0.2, -0.15) is 0 Å². The Kier molecular flexibility index (Phi) is 1.04. The minimum Gasteiger partial charge on any atom is -0.369 e. The molecule has 0 aromatic carbocycles. The van der Waals surface area contributed by atoms with E-state index in [9.17, 15) is 4.79 Å². The molecule has 1 spiro atoms. The molecule has 3 bridgehead atoms. The van der Waals surface area contributed by atoms with Gasteiger partial charge in [0.1, 0.15) is 0 Å². The van der Waals surface area contributed by atoms with Crippen molar-refractivity contribution in [1.82, 2.24) is 0 Å². The van der Waals surface area contributed by atoms with Crippen molar-refractivity contribution >= 4 is 5.91 Å². The second-order valence-electron chi connectivity index (χ2n) is 6.40. The van der Waals surface area contributed by atoms with Crippen molar-refractivity contribution in [3.63, 3.8) is 0 Å². The molecule has 0 aliphatic heterocycles. The lowest BCUT2D eigenvalue weighted by molar-refractivity contribution is -0.129. The van der Waals surface area contributed by atoms with E-state index in [0.29, 0.717) is 5.41 Å². The highest BCUT2D eigenvalue weighted by Gasteiger charge is 2.72. The van der Waals surface area contributed by atoms with Crippen LogP contribution >= 0.6 is 0 Å². The van der Waals surface area contributed by atoms with Crippen LogP contribution in [0.2, 0.25) is 0 Å². The quantitative estimate of drug-likeness (QED) is 0.673. The molecule has 4 fully saturated rings. The molecule has 0 radical (unpaired) electrons. The van der Waals surface area contributed by atoms with E-state index in [4.69, 9.17) is 5.73 Å². The van der Waals surface area contributed by atoms with Gasteiger partial charge in [-0.25, -0.2) is 0 Å². The molecule has 76 valence electrons. The third-order valence-corrected chi connectivity index (χ3v) is 5.99. The highest BCUT2D eigenvalue weighted by molar-refractivity contribution is 5.82. The maximum Gasteiger partial charge on any atom is 0.223 e. The van der Waals surface area contributed by atoms with E-state index < -0.39 is 0 Å².